The molecule has 2 aromatic rings. The fourth-order valence-corrected chi connectivity index (χ4v) is 2.28. The Balaban J connectivity index is 2.32. The zero-order valence-corrected chi connectivity index (χ0v) is 11.6. The van der Waals surface area contributed by atoms with Gasteiger partial charge in [-0.15, -0.1) is 10.2 Å². The summed E-state index contributed by atoms with van der Waals surface area (Å²) < 4.78 is 1.44. The van der Waals surface area contributed by atoms with Crippen molar-refractivity contribution in [2.75, 3.05) is 0 Å². The van der Waals surface area contributed by atoms with Crippen molar-refractivity contribution in [1.82, 2.24) is 19.7 Å². The van der Waals surface area contributed by atoms with Gasteiger partial charge in [0.25, 0.3) is 0 Å². The molecule has 0 bridgehead atoms. The Morgan fingerprint density at radius 2 is 2.32 bits per heavy atom. The van der Waals surface area contributed by atoms with E-state index in [0.717, 1.165) is 22.0 Å². The van der Waals surface area contributed by atoms with Gasteiger partial charge in [0, 0.05) is 6.08 Å². The van der Waals surface area contributed by atoms with Gasteiger partial charge in [-0.2, -0.15) is 0 Å². The minimum atomic E-state index is -0.459. The predicted molar refractivity (Wildman–Crippen MR) is 72.7 cm³/mol. The van der Waals surface area contributed by atoms with Gasteiger partial charge in [-0.3, -0.25) is 0 Å². The minimum absolute atomic E-state index is 0.0365. The molecule has 0 saturated heterocycles. The van der Waals surface area contributed by atoms with Crippen molar-refractivity contribution in [3.8, 4) is 0 Å². The summed E-state index contributed by atoms with van der Waals surface area (Å²) in [6.07, 6.45) is 3.86. The van der Waals surface area contributed by atoms with E-state index in [4.69, 9.17) is 0 Å². The molecule has 2 aromatic heterocycles. The Kier molecular flexibility index (Phi) is 3.70. The second-order valence-electron chi connectivity index (χ2n) is 3.97. The number of imidazole rings is 1. The first-order valence-electron chi connectivity index (χ1n) is 5.70. The average Bonchev–Trinajstić information content (AvgIpc) is 2.97. The highest BCUT2D eigenvalue weighted by Gasteiger charge is 2.15. The molecule has 0 amide bonds. The van der Waals surface area contributed by atoms with Gasteiger partial charge in [0.2, 0.25) is 5.82 Å². The Morgan fingerprint density at radius 3 is 2.84 bits per heavy atom. The SMILES string of the molecule is CCc1nnc(C(C)=Cc2ncc([N+](=O)[O-])n2C)s1. The van der Waals surface area contributed by atoms with Crippen LogP contribution in [0.1, 0.15) is 29.7 Å². The third-order valence-corrected chi connectivity index (χ3v) is 3.84. The summed E-state index contributed by atoms with van der Waals surface area (Å²) in [5.41, 5.74) is 0.890. The summed E-state index contributed by atoms with van der Waals surface area (Å²) in [4.78, 5) is 14.3. The summed E-state index contributed by atoms with van der Waals surface area (Å²) in [5, 5.41) is 20.6. The van der Waals surface area contributed by atoms with Crippen molar-refractivity contribution in [3.05, 3.63) is 32.2 Å². The first-order valence-corrected chi connectivity index (χ1v) is 6.51. The van der Waals surface area contributed by atoms with E-state index >= 15 is 0 Å². The smallest absolute Gasteiger partial charge is 0.342 e. The molecule has 0 atom stereocenters. The van der Waals surface area contributed by atoms with Gasteiger partial charge in [0.05, 0.1) is 7.05 Å². The molecule has 19 heavy (non-hydrogen) atoms. The molecule has 0 N–H and O–H groups in total. The molecular formula is C11H13N5O2S. The molecule has 2 rings (SSSR count). The number of rotatable bonds is 4. The molecule has 100 valence electrons. The van der Waals surface area contributed by atoms with Crippen LogP contribution in [0.25, 0.3) is 11.6 Å². The third-order valence-electron chi connectivity index (χ3n) is 2.64. The second-order valence-corrected chi connectivity index (χ2v) is 5.03. The fourth-order valence-electron chi connectivity index (χ4n) is 1.53. The van der Waals surface area contributed by atoms with E-state index in [1.807, 2.05) is 13.8 Å². The molecule has 0 aliphatic rings. The van der Waals surface area contributed by atoms with Crippen molar-refractivity contribution in [1.29, 1.82) is 0 Å². The van der Waals surface area contributed by atoms with Crippen LogP contribution in [0.5, 0.6) is 0 Å². The number of nitrogens with zero attached hydrogens (tertiary/aromatic N) is 5. The summed E-state index contributed by atoms with van der Waals surface area (Å²) in [7, 11) is 1.61. The number of aryl methyl sites for hydroxylation is 1. The van der Waals surface area contributed by atoms with Gasteiger partial charge >= 0.3 is 5.82 Å². The molecule has 0 unspecified atom stereocenters. The maximum absolute atomic E-state index is 10.7. The maximum atomic E-state index is 10.7. The van der Waals surface area contributed by atoms with Crippen LogP contribution in [0.3, 0.4) is 0 Å². The molecule has 0 aliphatic heterocycles. The molecule has 0 aliphatic carbocycles. The van der Waals surface area contributed by atoms with E-state index in [0.29, 0.717) is 5.82 Å². The van der Waals surface area contributed by atoms with Crippen LogP contribution < -0.4 is 0 Å². The number of aromatic nitrogens is 4. The predicted octanol–water partition coefficient (Wildman–Crippen LogP) is 2.30. The Labute approximate surface area is 113 Å². The van der Waals surface area contributed by atoms with E-state index in [2.05, 4.69) is 15.2 Å². The van der Waals surface area contributed by atoms with Crippen LogP contribution in [0.4, 0.5) is 5.82 Å². The van der Waals surface area contributed by atoms with Gasteiger partial charge in [-0.1, -0.05) is 18.3 Å². The second kappa shape index (κ2) is 5.27. The summed E-state index contributed by atoms with van der Waals surface area (Å²) in [6, 6.07) is 0. The Bertz CT molecular complexity index is 643. The summed E-state index contributed by atoms with van der Waals surface area (Å²) in [6.45, 7) is 3.91. The van der Waals surface area contributed by atoms with Crippen molar-refractivity contribution in [2.45, 2.75) is 20.3 Å². The zero-order chi connectivity index (χ0) is 14.0. The van der Waals surface area contributed by atoms with E-state index in [1.54, 1.807) is 13.1 Å². The lowest BCUT2D eigenvalue weighted by molar-refractivity contribution is -0.391. The molecule has 0 spiro atoms. The van der Waals surface area contributed by atoms with Crippen molar-refractivity contribution in [3.63, 3.8) is 0 Å². The van der Waals surface area contributed by atoms with Gasteiger partial charge < -0.3 is 10.1 Å². The van der Waals surface area contributed by atoms with Crippen LogP contribution in [0.15, 0.2) is 6.20 Å². The molecular weight excluding hydrogens is 266 g/mol. The average molecular weight is 279 g/mol. The van der Waals surface area contributed by atoms with Gasteiger partial charge in [0.1, 0.15) is 16.2 Å². The molecule has 2 heterocycles. The maximum Gasteiger partial charge on any atom is 0.342 e. The van der Waals surface area contributed by atoms with E-state index in [1.165, 1.54) is 22.1 Å². The molecule has 0 saturated carbocycles. The van der Waals surface area contributed by atoms with Crippen molar-refractivity contribution in [2.24, 2.45) is 7.05 Å². The highest BCUT2D eigenvalue weighted by molar-refractivity contribution is 7.12. The molecule has 7 nitrogen and oxygen atoms in total. The van der Waals surface area contributed by atoms with Crippen LogP contribution >= 0.6 is 11.3 Å². The standard InChI is InChI=1S/C11H13N5O2S/c1-4-9-13-14-11(19-9)7(2)5-8-12-6-10(15(8)3)16(17)18/h5-6H,4H2,1-3H3. The first-order chi connectivity index (χ1) is 9.02. The Morgan fingerprint density at radius 1 is 1.58 bits per heavy atom. The topological polar surface area (TPSA) is 86.7 Å². The van der Waals surface area contributed by atoms with Crippen molar-refractivity contribution >= 4 is 28.8 Å². The fraction of sp³-hybridized carbons (Fsp3) is 0.364. The lowest BCUT2D eigenvalue weighted by atomic mass is 10.3. The first kappa shape index (κ1) is 13.3. The largest absolute Gasteiger partial charge is 0.358 e. The number of hydrogen-bond acceptors (Lipinski definition) is 6. The highest BCUT2D eigenvalue weighted by Crippen LogP contribution is 2.22. The molecule has 8 heteroatoms. The van der Waals surface area contributed by atoms with Crippen LogP contribution in [0.2, 0.25) is 0 Å². The van der Waals surface area contributed by atoms with Crippen LogP contribution in [-0.4, -0.2) is 24.7 Å². The molecule has 0 fully saturated rings. The number of allylic oxidation sites excluding steroid dienone is 1. The number of hydrogen-bond donors (Lipinski definition) is 0. The third kappa shape index (κ3) is 2.68. The normalized spacial score (nSPS) is 11.8. The van der Waals surface area contributed by atoms with E-state index < -0.39 is 4.92 Å². The summed E-state index contributed by atoms with van der Waals surface area (Å²) >= 11 is 1.52. The Hall–Kier alpha value is -2.09. The summed E-state index contributed by atoms with van der Waals surface area (Å²) in [5.74, 6) is 0.489. The highest BCUT2D eigenvalue weighted by atomic mass is 32.1. The monoisotopic (exact) mass is 279 g/mol. The van der Waals surface area contributed by atoms with Crippen LogP contribution in [0, 0.1) is 10.1 Å². The van der Waals surface area contributed by atoms with Crippen LogP contribution in [-0.2, 0) is 13.5 Å². The lowest BCUT2D eigenvalue weighted by Crippen LogP contribution is -1.98. The zero-order valence-electron chi connectivity index (χ0n) is 10.8. The quantitative estimate of drug-likeness (QED) is 0.633. The molecule has 0 aromatic carbocycles. The van der Waals surface area contributed by atoms with Gasteiger partial charge in [0.15, 0.2) is 0 Å². The van der Waals surface area contributed by atoms with Gasteiger partial charge in [-0.05, 0) is 23.8 Å². The minimum Gasteiger partial charge on any atom is -0.358 e. The molecule has 0 radical (unpaired) electrons. The van der Waals surface area contributed by atoms with Crippen molar-refractivity contribution < 1.29 is 4.92 Å². The number of nitro groups is 1. The van der Waals surface area contributed by atoms with E-state index in [9.17, 15) is 10.1 Å². The van der Waals surface area contributed by atoms with Gasteiger partial charge in [-0.25, -0.2) is 9.55 Å². The lowest BCUT2D eigenvalue weighted by Gasteiger charge is -1.96. The van der Waals surface area contributed by atoms with E-state index in [-0.39, 0.29) is 5.82 Å².